The molecule has 1 atom stereocenters. The molecule has 0 bridgehead atoms. The molecule has 3 aromatic heterocycles. The Balaban J connectivity index is 1.57. The van der Waals surface area contributed by atoms with Crippen LogP contribution in [-0.4, -0.2) is 44.3 Å². The van der Waals surface area contributed by atoms with E-state index in [-0.39, 0.29) is 35.5 Å². The van der Waals surface area contributed by atoms with Crippen molar-refractivity contribution in [3.8, 4) is 5.75 Å². The van der Waals surface area contributed by atoms with E-state index in [1.165, 1.54) is 6.07 Å². The van der Waals surface area contributed by atoms with Gasteiger partial charge < -0.3 is 25.1 Å². The van der Waals surface area contributed by atoms with Crippen molar-refractivity contribution in [1.29, 1.82) is 0 Å². The molecule has 4 heterocycles. The number of nitrogens with zero attached hydrogens (tertiary/aromatic N) is 3. The van der Waals surface area contributed by atoms with Crippen molar-refractivity contribution < 1.29 is 19.1 Å². The zero-order valence-corrected chi connectivity index (χ0v) is 17.2. The summed E-state index contributed by atoms with van der Waals surface area (Å²) in [7, 11) is 0. The van der Waals surface area contributed by atoms with Crippen molar-refractivity contribution in [2.75, 3.05) is 17.3 Å². The third kappa shape index (κ3) is 3.09. The number of hydrogen-bond acceptors (Lipinski definition) is 6. The van der Waals surface area contributed by atoms with Gasteiger partial charge in [-0.25, -0.2) is 9.97 Å². The maximum absolute atomic E-state index is 13.4. The lowest BCUT2D eigenvalue weighted by molar-refractivity contribution is -0.117. The van der Waals surface area contributed by atoms with Crippen LogP contribution in [0.2, 0.25) is 0 Å². The van der Waals surface area contributed by atoms with Crippen molar-refractivity contribution >= 4 is 51.2 Å². The lowest BCUT2D eigenvalue weighted by Crippen LogP contribution is -2.30. The molecule has 4 aromatic rings. The molecule has 10 heteroatoms. The number of alkyl halides is 1. The first-order valence-corrected chi connectivity index (χ1v) is 10.2. The largest absolute Gasteiger partial charge is 0.504 e. The fraction of sp³-hybridized carbons (Fsp3) is 0.238. The van der Waals surface area contributed by atoms with Gasteiger partial charge in [0.1, 0.15) is 16.9 Å². The zero-order valence-electron chi connectivity index (χ0n) is 16.5. The van der Waals surface area contributed by atoms with E-state index in [4.69, 9.17) is 21.8 Å². The van der Waals surface area contributed by atoms with Gasteiger partial charge in [0.2, 0.25) is 5.91 Å². The van der Waals surface area contributed by atoms with E-state index in [9.17, 15) is 14.7 Å². The number of halogens is 1. The number of rotatable bonds is 4. The first kappa shape index (κ1) is 19.4. The van der Waals surface area contributed by atoms with Gasteiger partial charge in [0.15, 0.2) is 17.2 Å². The molecule has 158 valence electrons. The minimum absolute atomic E-state index is 0.0701. The van der Waals surface area contributed by atoms with Crippen molar-refractivity contribution in [3.63, 3.8) is 0 Å². The predicted molar refractivity (Wildman–Crippen MR) is 115 cm³/mol. The number of aryl methyl sites for hydroxylation is 1. The van der Waals surface area contributed by atoms with E-state index >= 15 is 0 Å². The van der Waals surface area contributed by atoms with Gasteiger partial charge in [0.25, 0.3) is 5.91 Å². The Hall–Kier alpha value is -3.59. The highest BCUT2D eigenvalue weighted by atomic mass is 35.5. The summed E-state index contributed by atoms with van der Waals surface area (Å²) in [6.45, 7) is 2.04. The van der Waals surface area contributed by atoms with Gasteiger partial charge in [-0.05, 0) is 17.7 Å². The summed E-state index contributed by atoms with van der Waals surface area (Å²) in [5, 5.41) is 11.1. The number of pyridine rings is 1. The van der Waals surface area contributed by atoms with Crippen LogP contribution >= 0.6 is 11.6 Å². The van der Waals surface area contributed by atoms with Crippen LogP contribution in [0.15, 0.2) is 28.8 Å². The average Bonchev–Trinajstić information content (AvgIpc) is 3.41. The summed E-state index contributed by atoms with van der Waals surface area (Å²) >= 11 is 6.21. The van der Waals surface area contributed by atoms with Gasteiger partial charge in [-0.1, -0.05) is 0 Å². The number of H-pyrrole nitrogens is 1. The number of primary amides is 1. The van der Waals surface area contributed by atoms with Crippen LogP contribution < -0.4 is 10.6 Å². The predicted octanol–water partition coefficient (Wildman–Crippen LogP) is 2.73. The van der Waals surface area contributed by atoms with Gasteiger partial charge >= 0.3 is 0 Å². The fourth-order valence-corrected chi connectivity index (χ4v) is 4.40. The number of carbonyl (C=O) groups excluding carboxylic acids is 2. The van der Waals surface area contributed by atoms with Crippen LogP contribution in [0.4, 0.5) is 5.69 Å². The Morgan fingerprint density at radius 1 is 1.39 bits per heavy atom. The summed E-state index contributed by atoms with van der Waals surface area (Å²) in [5.74, 6) is -0.280. The van der Waals surface area contributed by atoms with Gasteiger partial charge in [-0.3, -0.25) is 9.59 Å². The van der Waals surface area contributed by atoms with Gasteiger partial charge in [-0.15, -0.1) is 11.6 Å². The Morgan fingerprint density at radius 2 is 2.19 bits per heavy atom. The van der Waals surface area contributed by atoms with Crippen molar-refractivity contribution in [2.24, 2.45) is 5.73 Å². The second-order valence-corrected chi connectivity index (χ2v) is 7.92. The number of hydrogen-bond donors (Lipinski definition) is 3. The number of fused-ring (bicyclic) bond motifs is 4. The van der Waals surface area contributed by atoms with E-state index in [0.29, 0.717) is 45.9 Å². The number of amides is 2. The van der Waals surface area contributed by atoms with Crippen LogP contribution in [0.1, 0.15) is 33.4 Å². The molecule has 5 rings (SSSR count). The first-order chi connectivity index (χ1) is 14.9. The van der Waals surface area contributed by atoms with E-state index in [1.807, 2.05) is 0 Å². The third-order valence-corrected chi connectivity index (χ3v) is 5.81. The number of phenols is 1. The number of nitrogens with two attached hydrogens (primary N) is 1. The Labute approximate surface area is 180 Å². The van der Waals surface area contributed by atoms with Gasteiger partial charge in [-0.2, -0.15) is 0 Å². The van der Waals surface area contributed by atoms with Crippen LogP contribution in [0.3, 0.4) is 0 Å². The number of aromatic hydroxyl groups is 1. The lowest BCUT2D eigenvalue weighted by Gasteiger charge is -2.17. The number of anilines is 1. The number of aromatic amines is 1. The highest BCUT2D eigenvalue weighted by Gasteiger charge is 2.37. The molecule has 0 spiro atoms. The number of nitrogens with one attached hydrogen (secondary N) is 1. The molecule has 1 unspecified atom stereocenters. The molecular formula is C21H18ClN5O4. The third-order valence-electron chi connectivity index (χ3n) is 5.44. The number of oxazole rings is 1. The molecule has 1 aliphatic rings. The molecule has 1 aliphatic heterocycles. The van der Waals surface area contributed by atoms with Crippen molar-refractivity contribution in [3.05, 3.63) is 47.1 Å². The Kier molecular flexibility index (Phi) is 4.37. The van der Waals surface area contributed by atoms with Crippen molar-refractivity contribution in [1.82, 2.24) is 15.0 Å². The minimum Gasteiger partial charge on any atom is -0.504 e. The number of carbonyl (C=O) groups is 2. The molecule has 1 aromatic carbocycles. The highest BCUT2D eigenvalue weighted by Crippen LogP contribution is 2.45. The molecular weight excluding hydrogens is 422 g/mol. The van der Waals surface area contributed by atoms with Crippen LogP contribution in [0.5, 0.6) is 5.75 Å². The van der Waals surface area contributed by atoms with Crippen LogP contribution in [0, 0.1) is 6.92 Å². The second kappa shape index (κ2) is 6.98. The fourth-order valence-electron chi connectivity index (χ4n) is 4.15. The monoisotopic (exact) mass is 439 g/mol. The van der Waals surface area contributed by atoms with Crippen molar-refractivity contribution in [2.45, 2.75) is 19.3 Å². The van der Waals surface area contributed by atoms with E-state index in [0.717, 1.165) is 5.56 Å². The molecule has 2 amide bonds. The molecule has 0 aliphatic carbocycles. The standard InChI is InChI=1S/C21H18ClN5O4/c1-9-25-18-17-12(6-22)8-27(14(17)5-15(28)19(18)31-9)21(30)13-4-11-2-10(3-16(23)29)7-24-20(11)26-13/h2,4-5,7,12,28H,3,6,8H2,1H3,(H2,23,29)(H,24,26). The lowest BCUT2D eigenvalue weighted by atomic mass is 10.0. The maximum Gasteiger partial charge on any atom is 0.274 e. The SMILES string of the molecule is Cc1nc2c3c(cc(O)c2o1)N(C(=O)c1cc2cc(CC(N)=O)cnc2[nH]1)CC3CCl. The number of phenolic OH excluding ortho intramolecular Hbond substituents is 1. The molecule has 0 saturated carbocycles. The summed E-state index contributed by atoms with van der Waals surface area (Å²) in [6.07, 6.45) is 1.62. The smallest absolute Gasteiger partial charge is 0.274 e. The molecule has 31 heavy (non-hydrogen) atoms. The Bertz CT molecular complexity index is 1380. The van der Waals surface area contributed by atoms with Crippen LogP contribution in [0.25, 0.3) is 22.1 Å². The molecule has 0 fully saturated rings. The maximum atomic E-state index is 13.4. The quantitative estimate of drug-likeness (QED) is 0.418. The minimum atomic E-state index is -0.456. The highest BCUT2D eigenvalue weighted by molar-refractivity contribution is 6.19. The zero-order chi connectivity index (χ0) is 21.9. The summed E-state index contributed by atoms with van der Waals surface area (Å²) < 4.78 is 5.52. The molecule has 4 N–H and O–H groups in total. The van der Waals surface area contributed by atoms with E-state index in [1.54, 1.807) is 30.2 Å². The summed E-state index contributed by atoms with van der Waals surface area (Å²) in [6, 6.07) is 4.97. The van der Waals surface area contributed by atoms with E-state index in [2.05, 4.69) is 15.0 Å². The number of benzene rings is 1. The van der Waals surface area contributed by atoms with E-state index < -0.39 is 5.91 Å². The summed E-state index contributed by atoms with van der Waals surface area (Å²) in [5.41, 5.74) is 8.91. The Morgan fingerprint density at radius 3 is 2.94 bits per heavy atom. The molecule has 0 radical (unpaired) electrons. The topological polar surface area (TPSA) is 138 Å². The van der Waals surface area contributed by atoms with Crippen LogP contribution in [-0.2, 0) is 11.2 Å². The van der Waals surface area contributed by atoms with Gasteiger partial charge in [0.05, 0.1) is 12.1 Å². The second-order valence-electron chi connectivity index (χ2n) is 7.61. The molecule has 9 nitrogen and oxygen atoms in total. The van der Waals surface area contributed by atoms with Gasteiger partial charge in [0, 0.05) is 48.5 Å². The summed E-state index contributed by atoms with van der Waals surface area (Å²) in [4.78, 5) is 37.8. The molecule has 0 saturated heterocycles. The normalized spacial score (nSPS) is 15.7. The first-order valence-electron chi connectivity index (χ1n) is 9.62. The number of aromatic nitrogens is 3. The average molecular weight is 440 g/mol.